The van der Waals surface area contributed by atoms with Gasteiger partial charge in [-0.05, 0) is 39.0 Å². The lowest BCUT2D eigenvalue weighted by Gasteiger charge is -2.30. The molecule has 1 fully saturated rings. The van der Waals surface area contributed by atoms with Crippen molar-refractivity contribution in [3.63, 3.8) is 0 Å². The third kappa shape index (κ3) is 4.82. The lowest BCUT2D eigenvalue weighted by molar-refractivity contribution is -0.149. The molecule has 1 N–H and O–H groups in total. The summed E-state index contributed by atoms with van der Waals surface area (Å²) in [5.74, 6) is -0.271. The Kier molecular flexibility index (Phi) is 6.84. The number of carbonyl (C=O) groups excluding carboxylic acids is 2. The van der Waals surface area contributed by atoms with Crippen LogP contribution < -0.4 is 5.32 Å². The Hall–Kier alpha value is -1.10. The van der Waals surface area contributed by atoms with Crippen LogP contribution in [0.1, 0.15) is 46.0 Å². The Morgan fingerprint density at radius 1 is 1.21 bits per heavy atom. The van der Waals surface area contributed by atoms with Gasteiger partial charge in [-0.2, -0.15) is 0 Å². The summed E-state index contributed by atoms with van der Waals surface area (Å²) in [6, 6.07) is 0.0452. The van der Waals surface area contributed by atoms with Gasteiger partial charge in [-0.25, -0.2) is 0 Å². The minimum absolute atomic E-state index is 0.0243. The molecular weight excluding hydrogens is 246 g/mol. The molecule has 0 aromatic carbocycles. The standard InChI is InChI=1S/C14H25NO4/c1-4-12(14(17)18-3)15-11-8-6-10(7-9-11)13(16)19-5-2/h10-12,15H,4-9H2,1-3H3. The second-order valence-corrected chi connectivity index (χ2v) is 4.95. The van der Waals surface area contributed by atoms with Crippen LogP contribution >= 0.6 is 0 Å². The SMILES string of the molecule is CCOC(=O)C1CCC(NC(CC)C(=O)OC)CC1. The van der Waals surface area contributed by atoms with Gasteiger partial charge in [-0.3, -0.25) is 9.59 Å². The summed E-state index contributed by atoms with van der Waals surface area (Å²) in [7, 11) is 1.41. The number of ether oxygens (including phenoxy) is 2. The third-order valence-corrected chi connectivity index (χ3v) is 3.68. The molecule has 0 spiro atoms. The molecular formula is C14H25NO4. The fourth-order valence-corrected chi connectivity index (χ4v) is 2.54. The Morgan fingerprint density at radius 2 is 1.84 bits per heavy atom. The van der Waals surface area contributed by atoms with E-state index in [1.807, 2.05) is 13.8 Å². The van der Waals surface area contributed by atoms with Crippen molar-refractivity contribution in [3.8, 4) is 0 Å². The highest BCUT2D eigenvalue weighted by molar-refractivity contribution is 5.75. The third-order valence-electron chi connectivity index (χ3n) is 3.68. The Labute approximate surface area is 115 Å². The molecule has 0 aliphatic heterocycles. The molecule has 0 heterocycles. The first-order chi connectivity index (χ1) is 9.12. The van der Waals surface area contributed by atoms with Crippen molar-refractivity contribution in [2.75, 3.05) is 13.7 Å². The molecule has 1 rings (SSSR count). The molecule has 1 atom stereocenters. The van der Waals surface area contributed by atoms with Crippen LogP contribution in [0.4, 0.5) is 0 Å². The van der Waals surface area contributed by atoms with Gasteiger partial charge in [-0.1, -0.05) is 6.92 Å². The van der Waals surface area contributed by atoms with E-state index in [1.165, 1.54) is 7.11 Å². The topological polar surface area (TPSA) is 64.6 Å². The van der Waals surface area contributed by atoms with Crippen molar-refractivity contribution in [1.82, 2.24) is 5.32 Å². The summed E-state index contributed by atoms with van der Waals surface area (Å²) in [6.07, 6.45) is 4.17. The molecule has 1 aliphatic rings. The Bertz CT molecular complexity index is 298. The highest BCUT2D eigenvalue weighted by Gasteiger charge is 2.29. The Morgan fingerprint density at radius 3 is 2.32 bits per heavy atom. The molecule has 0 aromatic rings. The fraction of sp³-hybridized carbons (Fsp3) is 0.857. The largest absolute Gasteiger partial charge is 0.468 e. The van der Waals surface area contributed by atoms with Gasteiger partial charge >= 0.3 is 11.9 Å². The first kappa shape index (κ1) is 16.0. The second kappa shape index (κ2) is 8.15. The summed E-state index contributed by atoms with van der Waals surface area (Å²) in [6.45, 7) is 4.23. The molecule has 1 saturated carbocycles. The van der Waals surface area contributed by atoms with E-state index < -0.39 is 0 Å². The average Bonchev–Trinajstić information content (AvgIpc) is 2.44. The average molecular weight is 271 g/mol. The predicted octanol–water partition coefficient (Wildman–Crippen LogP) is 1.65. The van der Waals surface area contributed by atoms with Gasteiger partial charge in [0.15, 0.2) is 0 Å². The van der Waals surface area contributed by atoms with Crippen LogP contribution in [-0.2, 0) is 19.1 Å². The van der Waals surface area contributed by atoms with Gasteiger partial charge in [-0.15, -0.1) is 0 Å². The van der Waals surface area contributed by atoms with Gasteiger partial charge in [0.05, 0.1) is 19.6 Å². The molecule has 19 heavy (non-hydrogen) atoms. The number of nitrogens with one attached hydrogen (secondary N) is 1. The van der Waals surface area contributed by atoms with Crippen LogP contribution in [0.2, 0.25) is 0 Å². The van der Waals surface area contributed by atoms with Gasteiger partial charge < -0.3 is 14.8 Å². The maximum absolute atomic E-state index is 11.6. The van der Waals surface area contributed by atoms with Gasteiger partial charge in [0.25, 0.3) is 0 Å². The quantitative estimate of drug-likeness (QED) is 0.744. The zero-order chi connectivity index (χ0) is 14.3. The van der Waals surface area contributed by atoms with Crippen LogP contribution in [0.5, 0.6) is 0 Å². The molecule has 0 amide bonds. The number of hydrogen-bond donors (Lipinski definition) is 1. The summed E-state index contributed by atoms with van der Waals surface area (Å²) < 4.78 is 9.80. The molecule has 5 heteroatoms. The zero-order valence-corrected chi connectivity index (χ0v) is 12.1. The number of carbonyl (C=O) groups is 2. The highest BCUT2D eigenvalue weighted by Crippen LogP contribution is 2.25. The summed E-state index contributed by atoms with van der Waals surface area (Å²) >= 11 is 0. The van der Waals surface area contributed by atoms with Crippen LogP contribution in [-0.4, -0.2) is 37.7 Å². The molecule has 1 unspecified atom stereocenters. The van der Waals surface area contributed by atoms with Crippen molar-refractivity contribution in [2.24, 2.45) is 5.92 Å². The monoisotopic (exact) mass is 271 g/mol. The number of methoxy groups -OCH3 is 1. The molecule has 0 radical (unpaired) electrons. The fourth-order valence-electron chi connectivity index (χ4n) is 2.54. The predicted molar refractivity (Wildman–Crippen MR) is 71.6 cm³/mol. The molecule has 5 nitrogen and oxygen atoms in total. The van der Waals surface area contributed by atoms with Crippen LogP contribution in [0.25, 0.3) is 0 Å². The second-order valence-electron chi connectivity index (χ2n) is 4.95. The van der Waals surface area contributed by atoms with E-state index in [0.29, 0.717) is 13.0 Å². The van der Waals surface area contributed by atoms with Crippen molar-refractivity contribution in [3.05, 3.63) is 0 Å². The van der Waals surface area contributed by atoms with E-state index in [0.717, 1.165) is 25.7 Å². The van der Waals surface area contributed by atoms with E-state index in [4.69, 9.17) is 9.47 Å². The summed E-state index contributed by atoms with van der Waals surface area (Å²) in [5.41, 5.74) is 0. The normalized spacial score (nSPS) is 24.6. The van der Waals surface area contributed by atoms with Crippen molar-refractivity contribution in [1.29, 1.82) is 0 Å². The smallest absolute Gasteiger partial charge is 0.322 e. The molecule has 0 bridgehead atoms. The minimum atomic E-state index is -0.242. The van der Waals surface area contributed by atoms with Crippen molar-refractivity contribution < 1.29 is 19.1 Å². The first-order valence-electron chi connectivity index (χ1n) is 7.12. The van der Waals surface area contributed by atoms with Crippen LogP contribution in [0.3, 0.4) is 0 Å². The lowest BCUT2D eigenvalue weighted by Crippen LogP contribution is -2.45. The number of rotatable bonds is 6. The maximum Gasteiger partial charge on any atom is 0.322 e. The lowest BCUT2D eigenvalue weighted by atomic mass is 9.85. The van der Waals surface area contributed by atoms with Crippen LogP contribution in [0.15, 0.2) is 0 Å². The first-order valence-corrected chi connectivity index (χ1v) is 7.12. The van der Waals surface area contributed by atoms with E-state index >= 15 is 0 Å². The summed E-state index contributed by atoms with van der Waals surface area (Å²) in [4.78, 5) is 23.1. The van der Waals surface area contributed by atoms with Gasteiger partial charge in [0, 0.05) is 6.04 Å². The highest BCUT2D eigenvalue weighted by atomic mass is 16.5. The van der Waals surface area contributed by atoms with Crippen molar-refractivity contribution >= 4 is 11.9 Å². The molecule has 110 valence electrons. The van der Waals surface area contributed by atoms with Gasteiger partial charge in [0.1, 0.15) is 6.04 Å². The van der Waals surface area contributed by atoms with E-state index in [9.17, 15) is 9.59 Å². The van der Waals surface area contributed by atoms with E-state index in [2.05, 4.69) is 5.32 Å². The van der Waals surface area contributed by atoms with E-state index in [-0.39, 0.29) is 29.9 Å². The molecule has 0 aromatic heterocycles. The molecule has 0 saturated heterocycles. The van der Waals surface area contributed by atoms with Crippen molar-refractivity contribution in [2.45, 2.75) is 58.0 Å². The molecule has 1 aliphatic carbocycles. The maximum atomic E-state index is 11.6. The number of hydrogen-bond acceptors (Lipinski definition) is 5. The zero-order valence-electron chi connectivity index (χ0n) is 12.1. The number of esters is 2. The summed E-state index contributed by atoms with van der Waals surface area (Å²) in [5, 5.41) is 3.32. The minimum Gasteiger partial charge on any atom is -0.468 e. The van der Waals surface area contributed by atoms with E-state index in [1.54, 1.807) is 0 Å². The van der Waals surface area contributed by atoms with Gasteiger partial charge in [0.2, 0.25) is 0 Å². The van der Waals surface area contributed by atoms with Crippen LogP contribution in [0, 0.1) is 5.92 Å². The Balaban J connectivity index is 2.37.